The van der Waals surface area contributed by atoms with E-state index in [0.717, 1.165) is 64.2 Å². The Hall–Kier alpha value is -1.22. The van der Waals surface area contributed by atoms with Crippen molar-refractivity contribution in [2.45, 2.75) is 194 Å². The third-order valence-electron chi connectivity index (χ3n) is 20.7. The van der Waals surface area contributed by atoms with Gasteiger partial charge in [-0.3, -0.25) is 9.59 Å². The van der Waals surface area contributed by atoms with Crippen LogP contribution in [0.3, 0.4) is 0 Å². The summed E-state index contributed by atoms with van der Waals surface area (Å²) in [6.07, 6.45) is 18.9. The van der Waals surface area contributed by atoms with Crippen molar-refractivity contribution in [2.24, 2.45) is 92.7 Å². The fourth-order valence-electron chi connectivity index (χ4n) is 17.7. The summed E-state index contributed by atoms with van der Waals surface area (Å²) in [6.45, 7) is 14.4. The molecule has 8 aliphatic carbocycles. The molecule has 0 radical (unpaired) electrons. The van der Waals surface area contributed by atoms with Gasteiger partial charge in [0.2, 0.25) is 0 Å². The van der Waals surface area contributed by atoms with Gasteiger partial charge in [-0.25, -0.2) is 0 Å². The zero-order valence-corrected chi connectivity index (χ0v) is 36.8. The molecule has 0 heterocycles. The Morgan fingerprint density at radius 3 is 1.33 bits per heavy atom. The fourth-order valence-corrected chi connectivity index (χ4v) is 17.7. The number of fused-ring (bicyclic) bond motifs is 10. The van der Waals surface area contributed by atoms with Gasteiger partial charge in [0.15, 0.2) is 0 Å². The van der Waals surface area contributed by atoms with Crippen LogP contribution in [0.15, 0.2) is 0 Å². The highest BCUT2D eigenvalue weighted by molar-refractivity contribution is 5.69. The molecule has 8 rings (SSSR count). The molecule has 0 saturated heterocycles. The molecule has 0 amide bonds. The van der Waals surface area contributed by atoms with Gasteiger partial charge in [0.25, 0.3) is 0 Å². The van der Waals surface area contributed by atoms with Gasteiger partial charge in [-0.15, -0.1) is 0 Å². The van der Waals surface area contributed by atoms with Crippen LogP contribution in [-0.4, -0.2) is 69.0 Å². The monoisotopic (exact) mass is 799 g/mol. The summed E-state index contributed by atoms with van der Waals surface area (Å²) in [5.74, 6) is 6.04. The molecule has 20 atom stereocenters. The lowest BCUT2D eigenvalue weighted by Gasteiger charge is -2.62. The SMILES string of the molecule is COC(=O)CC[C@@H](C)C1CCC2C3C[C@H](O)C4C[C@H](O)CC[C@]4(C)C3CC[C@@]21C.C[C@H](CCC(=O)O)C1CCC2C3C[C@H](O)C4C[C@H](O)CC[C@]4(C)C3CC[C@@]21C. The molecular weight excluding hydrogens is 717 g/mol. The minimum atomic E-state index is -0.677. The summed E-state index contributed by atoms with van der Waals surface area (Å²) in [6, 6.07) is 0. The summed E-state index contributed by atoms with van der Waals surface area (Å²) in [4.78, 5) is 22.7. The van der Waals surface area contributed by atoms with Crippen molar-refractivity contribution in [3.05, 3.63) is 0 Å². The molecule has 8 fully saturated rings. The number of aliphatic hydroxyl groups excluding tert-OH is 4. The quantitative estimate of drug-likeness (QED) is 0.153. The number of carbonyl (C=O) groups is 2. The predicted molar refractivity (Wildman–Crippen MR) is 222 cm³/mol. The Morgan fingerprint density at radius 1 is 0.544 bits per heavy atom. The predicted octanol–water partition coefficient (Wildman–Crippen LogP) is 9.04. The van der Waals surface area contributed by atoms with E-state index in [9.17, 15) is 30.0 Å². The van der Waals surface area contributed by atoms with E-state index >= 15 is 0 Å². The lowest BCUT2D eigenvalue weighted by atomic mass is 9.43. The number of carboxylic acids is 1. The third kappa shape index (κ3) is 7.70. The van der Waals surface area contributed by atoms with E-state index in [-0.39, 0.29) is 59.5 Å². The van der Waals surface area contributed by atoms with E-state index < -0.39 is 5.97 Å². The first-order valence-electron chi connectivity index (χ1n) is 23.9. The highest BCUT2D eigenvalue weighted by Crippen LogP contribution is 2.70. The maximum atomic E-state index is 11.6. The smallest absolute Gasteiger partial charge is 0.305 e. The highest BCUT2D eigenvalue weighted by atomic mass is 16.5. The molecule has 0 aromatic carbocycles. The number of aliphatic hydroxyl groups is 4. The third-order valence-corrected chi connectivity index (χ3v) is 20.7. The number of methoxy groups -OCH3 is 1. The minimum Gasteiger partial charge on any atom is -0.481 e. The Morgan fingerprint density at radius 2 is 0.930 bits per heavy atom. The molecule has 0 aromatic rings. The number of carboxylic acid groups (broad SMARTS) is 1. The molecular formula is C49H82O8. The normalized spacial score (nSPS) is 50.9. The van der Waals surface area contributed by atoms with Gasteiger partial charge in [-0.1, -0.05) is 41.5 Å². The lowest BCUT2D eigenvalue weighted by Crippen LogP contribution is -2.58. The summed E-state index contributed by atoms with van der Waals surface area (Å²) in [5, 5.41) is 51.7. The van der Waals surface area contributed by atoms with E-state index in [2.05, 4.69) is 41.5 Å². The Bertz CT molecular complexity index is 1440. The molecule has 8 aliphatic rings. The summed E-state index contributed by atoms with van der Waals surface area (Å²) < 4.78 is 4.86. The molecule has 326 valence electrons. The van der Waals surface area contributed by atoms with Crippen molar-refractivity contribution in [3.8, 4) is 0 Å². The van der Waals surface area contributed by atoms with Crippen LogP contribution in [-0.2, 0) is 14.3 Å². The Balaban J connectivity index is 0.000000174. The average molecular weight is 799 g/mol. The molecule has 5 N–H and O–H groups in total. The second-order valence-electron chi connectivity index (χ2n) is 22.9. The van der Waals surface area contributed by atoms with E-state index in [1.165, 1.54) is 58.5 Å². The van der Waals surface area contributed by atoms with Gasteiger partial charge in [-0.05, 0) is 208 Å². The van der Waals surface area contributed by atoms with Crippen molar-refractivity contribution >= 4 is 11.9 Å². The van der Waals surface area contributed by atoms with Gasteiger partial charge in [-0.2, -0.15) is 0 Å². The highest BCUT2D eigenvalue weighted by Gasteiger charge is 2.64. The largest absolute Gasteiger partial charge is 0.481 e. The molecule has 0 spiro atoms. The first-order chi connectivity index (χ1) is 26.9. The first-order valence-corrected chi connectivity index (χ1v) is 23.9. The molecule has 57 heavy (non-hydrogen) atoms. The second kappa shape index (κ2) is 16.6. The average Bonchev–Trinajstić information content (AvgIpc) is 3.71. The van der Waals surface area contributed by atoms with Crippen LogP contribution >= 0.6 is 0 Å². The standard InChI is InChI=1S/C25H42O4.C24H40O4/c1-15(5-8-23(28)29-4)18-6-7-19-17-14-22(27)21-13-16(26)9-11-25(21,3)20(17)10-12-24(18,19)2;1-14(4-7-22(27)28)17-5-6-18-16-13-21(26)20-12-15(25)8-10-24(20,3)19(16)9-11-23(17,18)2/h15-22,26-27H,5-14H2,1-4H3;14-21,25-26H,4-13H2,1-3H3,(H,27,28)/t15-,16-,17?,18?,19?,20?,21?,22+,24-,25-;14-,15-,16?,17?,18?,19?,20?,21+,23-,24-/m11/s1. The van der Waals surface area contributed by atoms with Crippen molar-refractivity contribution in [1.29, 1.82) is 0 Å². The summed E-state index contributed by atoms with van der Waals surface area (Å²) in [7, 11) is 1.48. The number of esters is 1. The Labute approximate surface area is 345 Å². The maximum Gasteiger partial charge on any atom is 0.305 e. The fraction of sp³-hybridized carbons (Fsp3) is 0.959. The number of hydrogen-bond acceptors (Lipinski definition) is 7. The molecule has 0 aliphatic heterocycles. The molecule has 0 aromatic heterocycles. The van der Waals surface area contributed by atoms with Crippen molar-refractivity contribution < 1.29 is 39.9 Å². The number of carbonyl (C=O) groups excluding carboxylic acids is 1. The van der Waals surface area contributed by atoms with Crippen LogP contribution < -0.4 is 0 Å². The van der Waals surface area contributed by atoms with Crippen LogP contribution in [0, 0.1) is 92.7 Å². The van der Waals surface area contributed by atoms with Gasteiger partial charge in [0.05, 0.1) is 31.5 Å². The van der Waals surface area contributed by atoms with Crippen molar-refractivity contribution in [3.63, 3.8) is 0 Å². The van der Waals surface area contributed by atoms with Gasteiger partial charge >= 0.3 is 11.9 Å². The van der Waals surface area contributed by atoms with Crippen molar-refractivity contribution in [2.75, 3.05) is 7.11 Å². The lowest BCUT2D eigenvalue weighted by molar-refractivity contribution is -0.172. The van der Waals surface area contributed by atoms with E-state index in [1.807, 2.05) is 0 Å². The zero-order valence-electron chi connectivity index (χ0n) is 36.8. The van der Waals surface area contributed by atoms with E-state index in [4.69, 9.17) is 9.84 Å². The Kier molecular flexibility index (Phi) is 12.8. The molecule has 0 bridgehead atoms. The molecule has 8 saturated carbocycles. The maximum absolute atomic E-state index is 11.6. The topological polar surface area (TPSA) is 145 Å². The van der Waals surface area contributed by atoms with Crippen LogP contribution in [0.1, 0.15) is 170 Å². The van der Waals surface area contributed by atoms with Crippen LogP contribution in [0.4, 0.5) is 0 Å². The van der Waals surface area contributed by atoms with Gasteiger partial charge in [0, 0.05) is 12.8 Å². The number of hydrogen-bond donors (Lipinski definition) is 5. The van der Waals surface area contributed by atoms with E-state index in [0.29, 0.717) is 76.4 Å². The molecule has 8 heteroatoms. The molecule has 10 unspecified atom stereocenters. The number of ether oxygens (including phenoxy) is 1. The van der Waals surface area contributed by atoms with Crippen LogP contribution in [0.5, 0.6) is 0 Å². The number of rotatable bonds is 8. The van der Waals surface area contributed by atoms with Crippen molar-refractivity contribution in [1.82, 2.24) is 0 Å². The first kappa shape index (κ1) is 43.9. The second-order valence-corrected chi connectivity index (χ2v) is 22.9. The van der Waals surface area contributed by atoms with E-state index in [1.54, 1.807) is 0 Å². The van der Waals surface area contributed by atoms with Gasteiger partial charge < -0.3 is 30.3 Å². The van der Waals surface area contributed by atoms with Crippen LogP contribution in [0.2, 0.25) is 0 Å². The minimum absolute atomic E-state index is 0.0888. The number of aliphatic carboxylic acids is 1. The summed E-state index contributed by atoms with van der Waals surface area (Å²) in [5.41, 5.74) is 1.01. The molecule has 8 nitrogen and oxygen atoms in total. The van der Waals surface area contributed by atoms with Crippen LogP contribution in [0.25, 0.3) is 0 Å². The summed E-state index contributed by atoms with van der Waals surface area (Å²) >= 11 is 0. The van der Waals surface area contributed by atoms with Gasteiger partial charge in [0.1, 0.15) is 0 Å². The zero-order chi connectivity index (χ0) is 41.2.